The molecule has 166 valence electrons. The van der Waals surface area contributed by atoms with Gasteiger partial charge in [0.2, 0.25) is 5.91 Å². The molecule has 0 saturated carbocycles. The first kappa shape index (κ1) is 23.9. The van der Waals surface area contributed by atoms with E-state index in [1.165, 1.54) is 24.3 Å². The third-order valence-corrected chi connectivity index (χ3v) is 5.39. The number of rotatable bonds is 10. The van der Waals surface area contributed by atoms with E-state index in [-0.39, 0.29) is 11.5 Å². The Morgan fingerprint density at radius 3 is 2.29 bits per heavy atom. The summed E-state index contributed by atoms with van der Waals surface area (Å²) in [5.74, 6) is -1.28. The molecule has 0 unspecified atom stereocenters. The van der Waals surface area contributed by atoms with Gasteiger partial charge in [0.15, 0.2) is 0 Å². The minimum Gasteiger partial charge on any atom is -0.460 e. The van der Waals surface area contributed by atoms with Gasteiger partial charge in [-0.3, -0.25) is 9.59 Å². The topological polar surface area (TPSA) is 131 Å². The highest BCUT2D eigenvalue weighted by Gasteiger charge is 2.18. The van der Waals surface area contributed by atoms with E-state index in [0.717, 1.165) is 18.4 Å². The van der Waals surface area contributed by atoms with E-state index in [9.17, 15) is 22.8 Å². The summed E-state index contributed by atoms with van der Waals surface area (Å²) < 4.78 is 31.4. The molecule has 0 aromatic heterocycles. The Morgan fingerprint density at radius 1 is 0.968 bits per heavy atom. The van der Waals surface area contributed by atoms with Crippen LogP contribution in [0.25, 0.3) is 0 Å². The molecule has 31 heavy (non-hydrogen) atoms. The zero-order chi connectivity index (χ0) is 22.7. The SMILES string of the molecule is CCCCNC(=O)NS(=O)(=O)c1ccc(NC(=O)CC(=O)OCc2ccccc2)cc1. The van der Waals surface area contributed by atoms with Gasteiger partial charge in [-0.25, -0.2) is 17.9 Å². The Labute approximate surface area is 181 Å². The minimum absolute atomic E-state index is 0.0680. The van der Waals surface area contributed by atoms with Crippen LogP contribution in [0, 0.1) is 0 Å². The number of carbonyl (C=O) groups excluding carboxylic acids is 3. The van der Waals surface area contributed by atoms with Gasteiger partial charge in [0.1, 0.15) is 13.0 Å². The fourth-order valence-electron chi connectivity index (χ4n) is 2.44. The molecule has 0 fully saturated rings. The lowest BCUT2D eigenvalue weighted by molar-refractivity contribution is -0.146. The van der Waals surface area contributed by atoms with Crippen LogP contribution in [0.1, 0.15) is 31.7 Å². The van der Waals surface area contributed by atoms with Crippen molar-refractivity contribution < 1.29 is 27.5 Å². The van der Waals surface area contributed by atoms with Crippen molar-refractivity contribution in [1.82, 2.24) is 10.0 Å². The van der Waals surface area contributed by atoms with Crippen molar-refractivity contribution in [2.45, 2.75) is 37.7 Å². The second kappa shape index (κ2) is 11.7. The van der Waals surface area contributed by atoms with Gasteiger partial charge in [0.05, 0.1) is 4.90 Å². The van der Waals surface area contributed by atoms with Crippen LogP contribution in [0.2, 0.25) is 0 Å². The molecule has 0 bridgehead atoms. The van der Waals surface area contributed by atoms with Crippen molar-refractivity contribution >= 4 is 33.6 Å². The summed E-state index contributed by atoms with van der Waals surface area (Å²) in [4.78, 5) is 35.3. The number of carbonyl (C=O) groups is 3. The molecule has 0 saturated heterocycles. The summed E-state index contributed by atoms with van der Waals surface area (Å²) in [5.41, 5.74) is 1.10. The largest absolute Gasteiger partial charge is 0.460 e. The predicted octanol–water partition coefficient (Wildman–Crippen LogP) is 2.55. The lowest BCUT2D eigenvalue weighted by Crippen LogP contribution is -2.39. The number of urea groups is 1. The highest BCUT2D eigenvalue weighted by molar-refractivity contribution is 7.90. The maximum Gasteiger partial charge on any atom is 0.328 e. The number of anilines is 1. The molecule has 9 nitrogen and oxygen atoms in total. The molecular formula is C21H25N3O6S. The average Bonchev–Trinajstić information content (AvgIpc) is 2.73. The first-order valence-corrected chi connectivity index (χ1v) is 11.2. The lowest BCUT2D eigenvalue weighted by Gasteiger charge is -2.10. The Bertz CT molecular complexity index is 992. The number of sulfonamides is 1. The summed E-state index contributed by atoms with van der Waals surface area (Å²) in [6.45, 7) is 2.39. The highest BCUT2D eigenvalue weighted by Crippen LogP contribution is 2.14. The third kappa shape index (κ3) is 8.47. The summed E-state index contributed by atoms with van der Waals surface area (Å²) in [6, 6.07) is 13.5. The van der Waals surface area contributed by atoms with E-state index in [2.05, 4.69) is 10.6 Å². The molecule has 3 amide bonds. The van der Waals surface area contributed by atoms with E-state index in [1.807, 2.05) is 29.8 Å². The molecule has 0 aliphatic heterocycles. The van der Waals surface area contributed by atoms with Crippen molar-refractivity contribution in [2.75, 3.05) is 11.9 Å². The van der Waals surface area contributed by atoms with Gasteiger partial charge in [-0.1, -0.05) is 43.7 Å². The Kier molecular flexibility index (Phi) is 9.01. The molecule has 0 aliphatic carbocycles. The van der Waals surface area contributed by atoms with E-state index in [0.29, 0.717) is 12.2 Å². The molecule has 2 rings (SSSR count). The quantitative estimate of drug-likeness (QED) is 0.291. The Balaban J connectivity index is 1.83. The van der Waals surface area contributed by atoms with E-state index in [4.69, 9.17) is 4.74 Å². The van der Waals surface area contributed by atoms with Crippen LogP contribution < -0.4 is 15.4 Å². The van der Waals surface area contributed by atoms with Crippen molar-refractivity contribution in [1.29, 1.82) is 0 Å². The summed E-state index contributed by atoms with van der Waals surface area (Å²) in [7, 11) is -4.04. The average molecular weight is 448 g/mol. The van der Waals surface area contributed by atoms with Gasteiger partial charge >= 0.3 is 12.0 Å². The number of unbranched alkanes of at least 4 members (excludes halogenated alkanes) is 1. The molecular weight excluding hydrogens is 422 g/mol. The number of nitrogens with one attached hydrogen (secondary N) is 3. The minimum atomic E-state index is -4.04. The van der Waals surface area contributed by atoms with Crippen LogP contribution in [0.15, 0.2) is 59.5 Å². The number of amides is 3. The summed E-state index contributed by atoms with van der Waals surface area (Å²) in [5, 5.41) is 4.95. The van der Waals surface area contributed by atoms with Crippen LogP contribution in [-0.4, -0.2) is 32.9 Å². The van der Waals surface area contributed by atoms with Gasteiger partial charge < -0.3 is 15.4 Å². The monoisotopic (exact) mass is 447 g/mol. The zero-order valence-corrected chi connectivity index (χ0v) is 17.9. The number of hydrogen-bond donors (Lipinski definition) is 3. The molecule has 2 aromatic carbocycles. The smallest absolute Gasteiger partial charge is 0.328 e. The van der Waals surface area contributed by atoms with Crippen LogP contribution in [-0.2, 0) is 31.0 Å². The van der Waals surface area contributed by atoms with Gasteiger partial charge in [0.25, 0.3) is 10.0 Å². The molecule has 0 heterocycles. The van der Waals surface area contributed by atoms with Crippen molar-refractivity contribution in [2.24, 2.45) is 0 Å². The number of hydrogen-bond acceptors (Lipinski definition) is 6. The van der Waals surface area contributed by atoms with Gasteiger partial charge in [0, 0.05) is 12.2 Å². The van der Waals surface area contributed by atoms with Gasteiger partial charge in [-0.2, -0.15) is 0 Å². The van der Waals surface area contributed by atoms with E-state index in [1.54, 1.807) is 12.1 Å². The Morgan fingerprint density at radius 2 is 1.65 bits per heavy atom. The fraction of sp³-hybridized carbons (Fsp3) is 0.286. The number of esters is 1. The van der Waals surface area contributed by atoms with Gasteiger partial charge in [-0.05, 0) is 36.2 Å². The number of ether oxygens (including phenoxy) is 1. The fourth-order valence-corrected chi connectivity index (χ4v) is 3.37. The van der Waals surface area contributed by atoms with Crippen molar-refractivity contribution in [3.63, 3.8) is 0 Å². The van der Waals surface area contributed by atoms with Crippen LogP contribution in [0.4, 0.5) is 10.5 Å². The van der Waals surface area contributed by atoms with Gasteiger partial charge in [-0.15, -0.1) is 0 Å². The first-order chi connectivity index (χ1) is 14.8. The van der Waals surface area contributed by atoms with Crippen molar-refractivity contribution in [3.05, 3.63) is 60.2 Å². The summed E-state index contributed by atoms with van der Waals surface area (Å²) >= 11 is 0. The molecule has 2 aromatic rings. The second-order valence-electron chi connectivity index (χ2n) is 6.61. The lowest BCUT2D eigenvalue weighted by atomic mass is 10.2. The third-order valence-electron chi connectivity index (χ3n) is 4.04. The molecule has 0 atom stereocenters. The maximum atomic E-state index is 12.2. The molecule has 3 N–H and O–H groups in total. The maximum absolute atomic E-state index is 12.2. The standard InChI is InChI=1S/C21H25N3O6S/c1-2-3-13-22-21(27)24-31(28,29)18-11-9-17(10-12-18)23-19(25)14-20(26)30-15-16-7-5-4-6-8-16/h4-12H,2-3,13-15H2,1H3,(H,23,25)(H2,22,24,27). The Hall–Kier alpha value is -3.40. The van der Waals surface area contributed by atoms with Crippen LogP contribution in [0.3, 0.4) is 0 Å². The first-order valence-electron chi connectivity index (χ1n) is 9.70. The van der Waals surface area contributed by atoms with E-state index >= 15 is 0 Å². The van der Waals surface area contributed by atoms with Crippen molar-refractivity contribution in [3.8, 4) is 0 Å². The molecule has 0 spiro atoms. The predicted molar refractivity (Wildman–Crippen MR) is 115 cm³/mol. The molecule has 0 aliphatic rings. The highest BCUT2D eigenvalue weighted by atomic mass is 32.2. The summed E-state index contributed by atoms with van der Waals surface area (Å²) in [6.07, 6.45) is 1.12. The second-order valence-corrected chi connectivity index (χ2v) is 8.29. The molecule has 0 radical (unpaired) electrons. The van der Waals surface area contributed by atoms with Crippen LogP contribution in [0.5, 0.6) is 0 Å². The number of benzene rings is 2. The molecule has 10 heteroatoms. The van der Waals surface area contributed by atoms with E-state index < -0.39 is 34.4 Å². The van der Waals surface area contributed by atoms with Crippen LogP contribution >= 0.6 is 0 Å². The zero-order valence-electron chi connectivity index (χ0n) is 17.1. The normalized spacial score (nSPS) is 10.7.